The van der Waals surface area contributed by atoms with E-state index in [9.17, 15) is 0 Å². The van der Waals surface area contributed by atoms with Crippen LogP contribution in [0.5, 0.6) is 11.5 Å². The number of aromatic nitrogens is 6. The molecule has 1 aliphatic rings. The smallest absolute Gasteiger partial charge is 0.136 e. The summed E-state index contributed by atoms with van der Waals surface area (Å²) in [6.45, 7) is 0. The Labute approximate surface area is 213 Å². The molecule has 0 radical (unpaired) electrons. The fraction of sp³-hybridized carbons (Fsp3) is 0.107. The molecule has 1 aliphatic heterocycles. The number of hydrogen-bond donors (Lipinski definition) is 4. The molecule has 37 heavy (non-hydrogen) atoms. The Kier molecular flexibility index (Phi) is 5.78. The van der Waals surface area contributed by atoms with Crippen molar-refractivity contribution in [1.29, 1.82) is 0 Å². The summed E-state index contributed by atoms with van der Waals surface area (Å²) in [5, 5.41) is 3.75. The van der Waals surface area contributed by atoms with Crippen LogP contribution in [-0.2, 0) is 0 Å². The number of imidazole rings is 3. The number of allylic oxidation sites excluding steroid dienone is 2. The zero-order valence-electron chi connectivity index (χ0n) is 20.3. The third-order valence-electron chi connectivity index (χ3n) is 6.42. The minimum Gasteiger partial charge on any atom is -0.497 e. The lowest BCUT2D eigenvalue weighted by Gasteiger charge is -2.32. The van der Waals surface area contributed by atoms with Crippen LogP contribution in [0.15, 0.2) is 85.7 Å². The minimum atomic E-state index is -0.317. The van der Waals surface area contributed by atoms with Gasteiger partial charge in [0.25, 0.3) is 0 Å². The molecule has 9 heteroatoms. The highest BCUT2D eigenvalue weighted by molar-refractivity contribution is 6.09. The third kappa shape index (κ3) is 4.06. The number of benzene rings is 2. The van der Waals surface area contributed by atoms with Crippen molar-refractivity contribution in [1.82, 2.24) is 35.2 Å². The predicted octanol–water partition coefficient (Wildman–Crippen LogP) is 4.70. The van der Waals surface area contributed by atoms with E-state index in [2.05, 4.69) is 30.2 Å². The van der Waals surface area contributed by atoms with Crippen LogP contribution < -0.4 is 14.8 Å². The van der Waals surface area contributed by atoms with E-state index >= 15 is 0 Å². The molecule has 184 valence electrons. The first-order chi connectivity index (χ1) is 18.3. The van der Waals surface area contributed by atoms with Gasteiger partial charge < -0.3 is 29.7 Å². The van der Waals surface area contributed by atoms with Crippen LogP contribution in [0.4, 0.5) is 0 Å². The lowest BCUT2D eigenvalue weighted by Crippen LogP contribution is -2.26. The van der Waals surface area contributed by atoms with Crippen molar-refractivity contribution in [2.45, 2.75) is 5.92 Å². The molecule has 0 atom stereocenters. The van der Waals surface area contributed by atoms with Gasteiger partial charge in [-0.05, 0) is 59.7 Å². The van der Waals surface area contributed by atoms with Gasteiger partial charge in [-0.3, -0.25) is 0 Å². The molecule has 4 N–H and O–H groups in total. The summed E-state index contributed by atoms with van der Waals surface area (Å²) in [6, 6.07) is 15.9. The molecule has 2 aromatic carbocycles. The Bertz CT molecular complexity index is 1430. The quantitative estimate of drug-likeness (QED) is 0.262. The number of nitrogens with zero attached hydrogens (tertiary/aromatic N) is 3. The maximum atomic E-state index is 5.41. The van der Waals surface area contributed by atoms with Crippen LogP contribution in [-0.4, -0.2) is 44.1 Å². The number of dihydropyridines is 1. The fourth-order valence-electron chi connectivity index (χ4n) is 4.71. The van der Waals surface area contributed by atoms with Gasteiger partial charge in [0.15, 0.2) is 0 Å². The standard InChI is InChI=1S/C28H25N7O2/c1-36-19-7-3-17(4-8-19)24-22(27-31-13-14-32-27)21(26-29-11-12-30-26)23(28-33-15-16-34-28)25(35-24)18-5-9-20(37-2)10-6-18/h3-16,21,35H,1-2H3,(H,29,30)(H,31,32)(H,33,34). The number of methoxy groups -OCH3 is 2. The Hall–Kier alpha value is -5.05. The zero-order chi connectivity index (χ0) is 25.2. The molecule has 0 fully saturated rings. The number of hydrogen-bond acceptors (Lipinski definition) is 6. The van der Waals surface area contributed by atoms with Crippen LogP contribution in [0.1, 0.15) is 34.5 Å². The second-order valence-electron chi connectivity index (χ2n) is 8.44. The molecule has 0 saturated carbocycles. The summed E-state index contributed by atoms with van der Waals surface area (Å²) in [4.78, 5) is 24.0. The van der Waals surface area contributed by atoms with E-state index in [1.54, 1.807) is 32.8 Å². The van der Waals surface area contributed by atoms with Gasteiger partial charge >= 0.3 is 0 Å². The van der Waals surface area contributed by atoms with Crippen molar-refractivity contribution in [3.05, 3.63) is 114 Å². The summed E-state index contributed by atoms with van der Waals surface area (Å²) in [5.74, 6) is 3.49. The molecule has 5 aromatic rings. The van der Waals surface area contributed by atoms with E-state index in [4.69, 9.17) is 14.5 Å². The number of nitrogens with one attached hydrogen (secondary N) is 4. The molecular formula is C28H25N7O2. The largest absolute Gasteiger partial charge is 0.497 e. The van der Waals surface area contributed by atoms with Gasteiger partial charge in [0.05, 0.1) is 31.5 Å². The monoisotopic (exact) mass is 491 g/mol. The normalized spacial score (nSPS) is 14.1. The van der Waals surface area contributed by atoms with Gasteiger partial charge in [0, 0.05) is 48.3 Å². The first kappa shape index (κ1) is 22.4. The summed E-state index contributed by atoms with van der Waals surface area (Å²) in [5.41, 5.74) is 5.64. The SMILES string of the molecule is COc1ccc(C2=C(c3ncc[nH]3)C(c3ncc[nH]3)C(c3ncc[nH]3)=C(c3ccc(OC)cc3)N2)cc1. The summed E-state index contributed by atoms with van der Waals surface area (Å²) in [6.07, 6.45) is 10.7. The molecule has 0 unspecified atom stereocenters. The van der Waals surface area contributed by atoms with Gasteiger partial charge in [0.1, 0.15) is 29.0 Å². The summed E-state index contributed by atoms with van der Waals surface area (Å²) in [7, 11) is 3.32. The molecule has 0 saturated heterocycles. The van der Waals surface area contributed by atoms with Crippen molar-refractivity contribution in [2.75, 3.05) is 14.2 Å². The Morgan fingerprint density at radius 1 is 0.595 bits per heavy atom. The fourth-order valence-corrected chi connectivity index (χ4v) is 4.71. The Balaban J connectivity index is 1.65. The number of aromatic amines is 3. The van der Waals surface area contributed by atoms with Crippen molar-refractivity contribution in [3.63, 3.8) is 0 Å². The average Bonchev–Trinajstić information content (AvgIpc) is 3.76. The van der Waals surface area contributed by atoms with Crippen molar-refractivity contribution >= 4 is 22.5 Å². The molecule has 0 bridgehead atoms. The maximum absolute atomic E-state index is 5.41. The van der Waals surface area contributed by atoms with Gasteiger partial charge in [-0.15, -0.1) is 0 Å². The van der Waals surface area contributed by atoms with E-state index in [-0.39, 0.29) is 5.92 Å². The van der Waals surface area contributed by atoms with Gasteiger partial charge in [-0.1, -0.05) is 0 Å². The molecule has 6 rings (SSSR count). The number of H-pyrrole nitrogens is 3. The summed E-state index contributed by atoms with van der Waals surface area (Å²) < 4.78 is 10.8. The highest BCUT2D eigenvalue weighted by Gasteiger charge is 2.38. The Morgan fingerprint density at radius 2 is 1.05 bits per heavy atom. The van der Waals surface area contributed by atoms with Crippen molar-refractivity contribution in [3.8, 4) is 11.5 Å². The highest BCUT2D eigenvalue weighted by Crippen LogP contribution is 2.49. The lowest BCUT2D eigenvalue weighted by atomic mass is 9.81. The maximum Gasteiger partial charge on any atom is 0.136 e. The van der Waals surface area contributed by atoms with E-state index in [0.29, 0.717) is 0 Å². The van der Waals surface area contributed by atoms with Gasteiger partial charge in [-0.2, -0.15) is 0 Å². The molecule has 9 nitrogen and oxygen atoms in total. The third-order valence-corrected chi connectivity index (χ3v) is 6.42. The number of rotatable bonds is 7. The van der Waals surface area contributed by atoms with Crippen LogP contribution in [0.3, 0.4) is 0 Å². The van der Waals surface area contributed by atoms with Gasteiger partial charge in [-0.25, -0.2) is 15.0 Å². The van der Waals surface area contributed by atoms with E-state index in [0.717, 1.165) is 62.6 Å². The second-order valence-corrected chi connectivity index (χ2v) is 8.44. The molecule has 0 aliphatic carbocycles. The molecule has 4 heterocycles. The zero-order valence-corrected chi connectivity index (χ0v) is 20.3. The molecular weight excluding hydrogens is 466 g/mol. The highest BCUT2D eigenvalue weighted by atomic mass is 16.5. The van der Waals surface area contributed by atoms with Crippen molar-refractivity contribution in [2.24, 2.45) is 0 Å². The van der Waals surface area contributed by atoms with Crippen LogP contribution in [0.2, 0.25) is 0 Å². The van der Waals surface area contributed by atoms with Crippen LogP contribution in [0, 0.1) is 0 Å². The summed E-state index contributed by atoms with van der Waals surface area (Å²) >= 11 is 0. The first-order valence-electron chi connectivity index (χ1n) is 11.8. The van der Waals surface area contributed by atoms with Gasteiger partial charge in [0.2, 0.25) is 0 Å². The molecule has 0 spiro atoms. The second kappa shape index (κ2) is 9.54. The van der Waals surface area contributed by atoms with E-state index in [1.165, 1.54) is 0 Å². The minimum absolute atomic E-state index is 0.317. The Morgan fingerprint density at radius 3 is 1.43 bits per heavy atom. The molecule has 0 amide bonds. The van der Waals surface area contributed by atoms with Crippen molar-refractivity contribution < 1.29 is 9.47 Å². The average molecular weight is 492 g/mol. The van der Waals surface area contributed by atoms with Crippen LogP contribution >= 0.6 is 0 Å². The topological polar surface area (TPSA) is 117 Å². The van der Waals surface area contributed by atoms with E-state index in [1.807, 2.05) is 67.1 Å². The number of ether oxygens (including phenoxy) is 2. The lowest BCUT2D eigenvalue weighted by molar-refractivity contribution is 0.414. The molecule has 3 aromatic heterocycles. The van der Waals surface area contributed by atoms with E-state index < -0.39 is 0 Å². The first-order valence-corrected chi connectivity index (χ1v) is 11.8. The van der Waals surface area contributed by atoms with Crippen LogP contribution in [0.25, 0.3) is 22.5 Å². The predicted molar refractivity (Wildman–Crippen MR) is 141 cm³/mol.